The third-order valence-electron chi connectivity index (χ3n) is 3.57. The smallest absolute Gasteiger partial charge is 0.182 e. The van der Waals surface area contributed by atoms with Crippen LogP contribution < -0.4 is 16.2 Å². The number of hydrogen-bond donors (Lipinski definition) is 2. The van der Waals surface area contributed by atoms with E-state index < -0.39 is 6.04 Å². The molecule has 0 aromatic heterocycles. The number of hydrogen-bond acceptors (Lipinski definition) is 4. The van der Waals surface area contributed by atoms with E-state index in [-0.39, 0.29) is 5.78 Å². The van der Waals surface area contributed by atoms with Crippen molar-refractivity contribution >= 4 is 22.2 Å². The van der Waals surface area contributed by atoms with Gasteiger partial charge in [-0.2, -0.15) is 0 Å². The third kappa shape index (κ3) is 3.00. The molecule has 0 saturated carbocycles. The van der Waals surface area contributed by atoms with Gasteiger partial charge in [-0.05, 0) is 17.7 Å². The fraction of sp³-hybridized carbons (Fsp3) is 0.353. The molecule has 2 aromatic rings. The molecule has 0 aliphatic carbocycles. The predicted octanol–water partition coefficient (Wildman–Crippen LogP) is 2.99. The van der Waals surface area contributed by atoms with Gasteiger partial charge in [-0.25, -0.2) is 0 Å². The highest BCUT2D eigenvalue weighted by Gasteiger charge is 2.22. The van der Waals surface area contributed by atoms with E-state index in [1.165, 1.54) is 0 Å². The minimum absolute atomic E-state index is 0.111. The van der Waals surface area contributed by atoms with Crippen molar-refractivity contribution in [2.24, 2.45) is 11.7 Å². The van der Waals surface area contributed by atoms with E-state index in [1.807, 2.05) is 38.1 Å². The zero-order chi connectivity index (χ0) is 15.6. The second-order valence-corrected chi connectivity index (χ2v) is 5.69. The van der Waals surface area contributed by atoms with Crippen LogP contribution in [0.25, 0.3) is 10.8 Å². The highest BCUT2D eigenvalue weighted by atomic mass is 16.5. The normalized spacial score (nSPS) is 12.6. The van der Waals surface area contributed by atoms with Gasteiger partial charge in [-0.3, -0.25) is 4.79 Å². The van der Waals surface area contributed by atoms with Crippen LogP contribution in [0.2, 0.25) is 0 Å². The first-order chi connectivity index (χ1) is 9.95. The number of carbonyl (C=O) groups is 1. The first-order valence-electron chi connectivity index (χ1n) is 7.10. The molecule has 0 aliphatic rings. The second-order valence-electron chi connectivity index (χ2n) is 5.69. The summed E-state index contributed by atoms with van der Waals surface area (Å²) in [6.45, 7) is 4.09. The molecule has 0 spiro atoms. The summed E-state index contributed by atoms with van der Waals surface area (Å²) in [5, 5.41) is 1.66. The molecule has 0 radical (unpaired) electrons. The number of methoxy groups -OCH3 is 1. The van der Waals surface area contributed by atoms with E-state index in [4.69, 9.17) is 16.2 Å². The number of rotatable bonds is 5. The van der Waals surface area contributed by atoms with Gasteiger partial charge in [0.05, 0.1) is 18.7 Å². The average Bonchev–Trinajstić information content (AvgIpc) is 2.45. The fourth-order valence-electron chi connectivity index (χ4n) is 2.61. The molecule has 0 unspecified atom stereocenters. The number of fused-ring (bicyclic) bond motifs is 1. The van der Waals surface area contributed by atoms with Crippen molar-refractivity contribution < 1.29 is 9.53 Å². The Kier molecular flexibility index (Phi) is 4.48. The highest BCUT2D eigenvalue weighted by molar-refractivity contribution is 6.15. The molecule has 0 bridgehead atoms. The van der Waals surface area contributed by atoms with Gasteiger partial charge in [0, 0.05) is 17.1 Å². The largest absolute Gasteiger partial charge is 0.496 e. The van der Waals surface area contributed by atoms with Crippen molar-refractivity contribution in [3.8, 4) is 5.75 Å². The molecule has 2 rings (SSSR count). The summed E-state index contributed by atoms with van der Waals surface area (Å²) in [4.78, 5) is 12.7. The number of anilines is 1. The summed E-state index contributed by atoms with van der Waals surface area (Å²) in [7, 11) is 1.59. The molecular weight excluding hydrogens is 264 g/mol. The summed E-state index contributed by atoms with van der Waals surface area (Å²) in [5.74, 6) is 0.909. The molecule has 2 aromatic carbocycles. The Hall–Kier alpha value is -2.07. The number of benzene rings is 2. The monoisotopic (exact) mass is 286 g/mol. The third-order valence-corrected chi connectivity index (χ3v) is 3.57. The number of nitrogens with two attached hydrogens (primary N) is 2. The van der Waals surface area contributed by atoms with E-state index in [2.05, 4.69) is 0 Å². The van der Waals surface area contributed by atoms with Gasteiger partial charge < -0.3 is 16.2 Å². The SMILES string of the molecule is COc1cc(N)c(C(=O)[C@@H](N)CC(C)C)c2ccccc12. The van der Waals surface area contributed by atoms with E-state index in [0.717, 1.165) is 10.8 Å². The molecular formula is C17H22N2O2. The van der Waals surface area contributed by atoms with E-state index in [1.54, 1.807) is 13.2 Å². The van der Waals surface area contributed by atoms with Crippen LogP contribution in [0.4, 0.5) is 5.69 Å². The number of Topliss-reactive ketones (excluding diaryl/α,β-unsaturated/α-hetero) is 1. The van der Waals surface area contributed by atoms with Crippen LogP contribution in [-0.4, -0.2) is 18.9 Å². The molecule has 112 valence electrons. The van der Waals surface area contributed by atoms with Crippen LogP contribution in [0.15, 0.2) is 30.3 Å². The van der Waals surface area contributed by atoms with E-state index in [0.29, 0.717) is 29.3 Å². The zero-order valence-electron chi connectivity index (χ0n) is 12.7. The van der Waals surface area contributed by atoms with Crippen molar-refractivity contribution in [3.63, 3.8) is 0 Å². The number of ketones is 1. The lowest BCUT2D eigenvalue weighted by atomic mass is 9.92. The molecule has 0 amide bonds. The molecule has 0 saturated heterocycles. The van der Waals surface area contributed by atoms with E-state index >= 15 is 0 Å². The maximum absolute atomic E-state index is 12.7. The van der Waals surface area contributed by atoms with Crippen LogP contribution in [-0.2, 0) is 0 Å². The molecule has 0 heterocycles. The molecule has 0 aliphatic heterocycles. The Morgan fingerprint density at radius 1 is 1.24 bits per heavy atom. The molecule has 0 fully saturated rings. The Balaban J connectivity index is 2.58. The van der Waals surface area contributed by atoms with Gasteiger partial charge in [0.15, 0.2) is 5.78 Å². The van der Waals surface area contributed by atoms with Crippen LogP contribution in [0.1, 0.15) is 30.6 Å². The fourth-order valence-corrected chi connectivity index (χ4v) is 2.61. The average molecular weight is 286 g/mol. The summed E-state index contributed by atoms with van der Waals surface area (Å²) >= 11 is 0. The molecule has 4 heteroatoms. The van der Waals surface area contributed by atoms with Crippen molar-refractivity contribution in [3.05, 3.63) is 35.9 Å². The lowest BCUT2D eigenvalue weighted by molar-refractivity contribution is 0.0953. The molecule has 4 nitrogen and oxygen atoms in total. The van der Waals surface area contributed by atoms with Crippen LogP contribution >= 0.6 is 0 Å². The van der Waals surface area contributed by atoms with Gasteiger partial charge in [0.2, 0.25) is 0 Å². The molecule has 21 heavy (non-hydrogen) atoms. The van der Waals surface area contributed by atoms with Gasteiger partial charge in [-0.15, -0.1) is 0 Å². The summed E-state index contributed by atoms with van der Waals surface area (Å²) < 4.78 is 5.35. The number of ether oxygens (including phenoxy) is 1. The van der Waals surface area contributed by atoms with Crippen molar-refractivity contribution in [2.75, 3.05) is 12.8 Å². The highest BCUT2D eigenvalue weighted by Crippen LogP contribution is 2.33. The minimum atomic E-state index is -0.538. The van der Waals surface area contributed by atoms with Crippen molar-refractivity contribution in [1.82, 2.24) is 0 Å². The summed E-state index contributed by atoms with van der Waals surface area (Å²) in [5.41, 5.74) is 13.0. The van der Waals surface area contributed by atoms with E-state index in [9.17, 15) is 4.79 Å². The second kappa shape index (κ2) is 6.14. The minimum Gasteiger partial charge on any atom is -0.496 e. The standard InChI is InChI=1S/C17H22N2O2/c1-10(2)8-14(19)17(20)16-12-7-5-4-6-11(12)15(21-3)9-13(16)18/h4-7,9-10,14H,8,18-19H2,1-3H3/t14-/m0/s1. The van der Waals surface area contributed by atoms with Crippen LogP contribution in [0.5, 0.6) is 5.75 Å². The number of carbonyl (C=O) groups excluding carboxylic acids is 1. The zero-order valence-corrected chi connectivity index (χ0v) is 12.7. The maximum Gasteiger partial charge on any atom is 0.182 e. The van der Waals surface area contributed by atoms with Crippen molar-refractivity contribution in [1.29, 1.82) is 0 Å². The van der Waals surface area contributed by atoms with Crippen LogP contribution in [0.3, 0.4) is 0 Å². The topological polar surface area (TPSA) is 78.3 Å². The summed E-state index contributed by atoms with van der Waals surface area (Å²) in [6, 6.07) is 8.73. The Morgan fingerprint density at radius 2 is 1.86 bits per heavy atom. The van der Waals surface area contributed by atoms with Crippen molar-refractivity contribution in [2.45, 2.75) is 26.3 Å². The van der Waals surface area contributed by atoms with Gasteiger partial charge in [0.1, 0.15) is 5.75 Å². The predicted molar refractivity (Wildman–Crippen MR) is 86.7 cm³/mol. The maximum atomic E-state index is 12.7. The van der Waals surface area contributed by atoms with Gasteiger partial charge >= 0.3 is 0 Å². The first-order valence-corrected chi connectivity index (χ1v) is 7.10. The molecule has 4 N–H and O–H groups in total. The Morgan fingerprint density at radius 3 is 2.43 bits per heavy atom. The Bertz CT molecular complexity index is 665. The lowest BCUT2D eigenvalue weighted by Crippen LogP contribution is -2.32. The van der Waals surface area contributed by atoms with Gasteiger partial charge in [0.25, 0.3) is 0 Å². The Labute approximate surface area is 125 Å². The lowest BCUT2D eigenvalue weighted by Gasteiger charge is -2.17. The molecule has 1 atom stereocenters. The first kappa shape index (κ1) is 15.3. The number of nitrogen functional groups attached to an aromatic ring is 1. The quantitative estimate of drug-likeness (QED) is 0.654. The van der Waals surface area contributed by atoms with Gasteiger partial charge in [-0.1, -0.05) is 38.1 Å². The van der Waals surface area contributed by atoms with Crippen LogP contribution in [0, 0.1) is 5.92 Å². The summed E-state index contributed by atoms with van der Waals surface area (Å²) in [6.07, 6.45) is 0.638.